The molecule has 35 heavy (non-hydrogen) atoms. The highest BCUT2D eigenvalue weighted by Gasteiger charge is 2.30. The highest BCUT2D eigenvalue weighted by atomic mass is 35.5. The standard InChI is InChI=1S/C29H32Cl2N2O2/c1-3-4-16-32-29(35)27(18-22-11-6-5-7-12-22)33(20-24-13-9-8-10-21(24)2)28(34)19-23-14-15-25(30)26(31)17-23/h5-15,17,27H,3-4,16,18-20H2,1-2H3,(H,32,35)/t27-/m1/s1. The predicted octanol–water partition coefficient (Wildman–Crippen LogP) is 6.40. The molecule has 0 saturated carbocycles. The van der Waals surface area contributed by atoms with Gasteiger partial charge in [0.05, 0.1) is 16.5 Å². The summed E-state index contributed by atoms with van der Waals surface area (Å²) in [6, 6.07) is 22.3. The fraction of sp³-hybridized carbons (Fsp3) is 0.310. The Labute approximate surface area is 218 Å². The molecule has 0 aromatic heterocycles. The van der Waals surface area contributed by atoms with Gasteiger partial charge in [-0.3, -0.25) is 9.59 Å². The third kappa shape index (κ3) is 7.84. The number of rotatable bonds is 11. The lowest BCUT2D eigenvalue weighted by Gasteiger charge is -2.32. The number of halogens is 2. The Morgan fingerprint density at radius 1 is 0.914 bits per heavy atom. The van der Waals surface area contributed by atoms with E-state index in [-0.39, 0.29) is 18.2 Å². The molecular formula is C29H32Cl2N2O2. The SMILES string of the molecule is CCCCNC(=O)[C@@H](Cc1ccccc1)N(Cc1ccccc1C)C(=O)Cc1ccc(Cl)c(Cl)c1. The van der Waals surface area contributed by atoms with E-state index in [1.165, 1.54) is 0 Å². The molecule has 0 bridgehead atoms. The lowest BCUT2D eigenvalue weighted by molar-refractivity contribution is -0.140. The van der Waals surface area contributed by atoms with Crippen LogP contribution in [0.4, 0.5) is 0 Å². The number of hydrogen-bond donors (Lipinski definition) is 1. The van der Waals surface area contributed by atoms with Gasteiger partial charge in [0.25, 0.3) is 0 Å². The maximum Gasteiger partial charge on any atom is 0.243 e. The van der Waals surface area contributed by atoms with Crippen LogP contribution in [-0.2, 0) is 29.0 Å². The Hall–Kier alpha value is -2.82. The van der Waals surface area contributed by atoms with Gasteiger partial charge in [0, 0.05) is 19.5 Å². The lowest BCUT2D eigenvalue weighted by atomic mass is 10.0. The van der Waals surface area contributed by atoms with Crippen molar-refractivity contribution in [2.45, 2.75) is 52.1 Å². The Morgan fingerprint density at radius 2 is 1.63 bits per heavy atom. The molecule has 3 aromatic carbocycles. The molecule has 1 N–H and O–H groups in total. The van der Waals surface area contributed by atoms with E-state index in [1.807, 2.05) is 61.5 Å². The predicted molar refractivity (Wildman–Crippen MR) is 144 cm³/mol. The largest absolute Gasteiger partial charge is 0.354 e. The number of carbonyl (C=O) groups is 2. The van der Waals surface area contributed by atoms with E-state index in [1.54, 1.807) is 23.1 Å². The van der Waals surface area contributed by atoms with Crippen LogP contribution in [-0.4, -0.2) is 29.3 Å². The molecule has 3 rings (SSSR count). The zero-order valence-electron chi connectivity index (χ0n) is 20.3. The summed E-state index contributed by atoms with van der Waals surface area (Å²) in [6.45, 7) is 5.02. The average Bonchev–Trinajstić information content (AvgIpc) is 2.85. The van der Waals surface area contributed by atoms with Gasteiger partial charge in [-0.05, 0) is 47.7 Å². The van der Waals surface area contributed by atoms with Crippen molar-refractivity contribution in [3.8, 4) is 0 Å². The Kier molecular flexibility index (Phi) is 10.2. The van der Waals surface area contributed by atoms with Gasteiger partial charge >= 0.3 is 0 Å². The molecular weight excluding hydrogens is 479 g/mol. The first-order chi connectivity index (χ1) is 16.9. The third-order valence-electron chi connectivity index (χ3n) is 6.04. The molecule has 6 heteroatoms. The van der Waals surface area contributed by atoms with E-state index in [0.717, 1.165) is 35.1 Å². The van der Waals surface area contributed by atoms with Crippen LogP contribution in [0, 0.1) is 6.92 Å². The van der Waals surface area contributed by atoms with Gasteiger partial charge in [-0.15, -0.1) is 0 Å². The van der Waals surface area contributed by atoms with Gasteiger partial charge in [-0.25, -0.2) is 0 Å². The average molecular weight is 511 g/mol. The first-order valence-corrected chi connectivity index (χ1v) is 12.7. The summed E-state index contributed by atoms with van der Waals surface area (Å²) in [5.41, 5.74) is 3.84. The molecule has 0 aliphatic rings. The van der Waals surface area contributed by atoms with Crippen LogP contribution in [0.15, 0.2) is 72.8 Å². The van der Waals surface area contributed by atoms with Crippen LogP contribution in [0.25, 0.3) is 0 Å². The molecule has 0 fully saturated rings. The number of benzene rings is 3. The number of hydrogen-bond acceptors (Lipinski definition) is 2. The highest BCUT2D eigenvalue weighted by molar-refractivity contribution is 6.42. The van der Waals surface area contributed by atoms with Crippen molar-refractivity contribution in [3.05, 3.63) is 105 Å². The van der Waals surface area contributed by atoms with Crippen molar-refractivity contribution in [1.29, 1.82) is 0 Å². The Bertz CT molecular complexity index is 1130. The quantitative estimate of drug-likeness (QED) is 0.303. The number of carbonyl (C=O) groups excluding carboxylic acids is 2. The number of nitrogens with zero attached hydrogens (tertiary/aromatic N) is 1. The van der Waals surface area contributed by atoms with E-state index < -0.39 is 6.04 Å². The summed E-state index contributed by atoms with van der Waals surface area (Å²) < 4.78 is 0. The second kappa shape index (κ2) is 13.3. The van der Waals surface area contributed by atoms with Gasteiger partial charge in [0.1, 0.15) is 6.04 Å². The molecule has 1 atom stereocenters. The molecule has 0 spiro atoms. The number of amides is 2. The topological polar surface area (TPSA) is 49.4 Å². The van der Waals surface area contributed by atoms with Crippen LogP contribution in [0.3, 0.4) is 0 Å². The zero-order chi connectivity index (χ0) is 25.2. The summed E-state index contributed by atoms with van der Waals surface area (Å²) in [7, 11) is 0. The monoisotopic (exact) mass is 510 g/mol. The summed E-state index contributed by atoms with van der Waals surface area (Å²) in [6.07, 6.45) is 2.42. The minimum absolute atomic E-state index is 0.121. The minimum atomic E-state index is -0.649. The van der Waals surface area contributed by atoms with Crippen LogP contribution in [0.5, 0.6) is 0 Å². The smallest absolute Gasteiger partial charge is 0.243 e. The first-order valence-electron chi connectivity index (χ1n) is 12.0. The van der Waals surface area contributed by atoms with Gasteiger partial charge < -0.3 is 10.2 Å². The van der Waals surface area contributed by atoms with Crippen molar-refractivity contribution in [2.24, 2.45) is 0 Å². The first kappa shape index (κ1) is 26.8. The third-order valence-corrected chi connectivity index (χ3v) is 6.78. The fourth-order valence-electron chi connectivity index (χ4n) is 3.96. The molecule has 4 nitrogen and oxygen atoms in total. The summed E-state index contributed by atoms with van der Waals surface area (Å²) in [4.78, 5) is 28.9. The summed E-state index contributed by atoms with van der Waals surface area (Å²) in [5.74, 6) is -0.281. The van der Waals surface area contributed by atoms with E-state index >= 15 is 0 Å². The van der Waals surface area contributed by atoms with E-state index in [2.05, 4.69) is 12.2 Å². The van der Waals surface area contributed by atoms with Crippen molar-refractivity contribution in [2.75, 3.05) is 6.54 Å². The van der Waals surface area contributed by atoms with Crippen molar-refractivity contribution >= 4 is 35.0 Å². The van der Waals surface area contributed by atoms with Crippen molar-refractivity contribution in [3.63, 3.8) is 0 Å². The van der Waals surface area contributed by atoms with Gasteiger partial charge in [-0.1, -0.05) is 97.2 Å². The Morgan fingerprint density at radius 3 is 2.31 bits per heavy atom. The zero-order valence-corrected chi connectivity index (χ0v) is 21.8. The normalized spacial score (nSPS) is 11.7. The molecule has 0 unspecified atom stereocenters. The second-order valence-electron chi connectivity index (χ2n) is 8.72. The van der Waals surface area contributed by atoms with Crippen LogP contribution >= 0.6 is 23.2 Å². The number of unbranched alkanes of at least 4 members (excludes halogenated alkanes) is 1. The van der Waals surface area contributed by atoms with E-state index in [9.17, 15) is 9.59 Å². The van der Waals surface area contributed by atoms with Crippen molar-refractivity contribution in [1.82, 2.24) is 10.2 Å². The summed E-state index contributed by atoms with van der Waals surface area (Å²) >= 11 is 12.3. The van der Waals surface area contributed by atoms with E-state index in [0.29, 0.717) is 29.6 Å². The van der Waals surface area contributed by atoms with E-state index in [4.69, 9.17) is 23.2 Å². The van der Waals surface area contributed by atoms with Gasteiger partial charge in [0.2, 0.25) is 11.8 Å². The molecule has 0 aliphatic heterocycles. The lowest BCUT2D eigenvalue weighted by Crippen LogP contribution is -2.51. The number of aryl methyl sites for hydroxylation is 1. The van der Waals surface area contributed by atoms with Gasteiger partial charge in [-0.2, -0.15) is 0 Å². The van der Waals surface area contributed by atoms with Crippen LogP contribution in [0.1, 0.15) is 42.0 Å². The Balaban J connectivity index is 1.96. The molecule has 2 amide bonds. The molecule has 3 aromatic rings. The molecule has 0 aliphatic carbocycles. The maximum absolute atomic E-state index is 13.8. The van der Waals surface area contributed by atoms with Crippen LogP contribution < -0.4 is 5.32 Å². The number of nitrogens with one attached hydrogen (secondary N) is 1. The molecule has 0 heterocycles. The summed E-state index contributed by atoms with van der Waals surface area (Å²) in [5, 5.41) is 3.89. The second-order valence-corrected chi connectivity index (χ2v) is 9.54. The fourth-order valence-corrected chi connectivity index (χ4v) is 4.28. The molecule has 0 radical (unpaired) electrons. The highest BCUT2D eigenvalue weighted by Crippen LogP contribution is 2.24. The minimum Gasteiger partial charge on any atom is -0.354 e. The molecule has 184 valence electrons. The van der Waals surface area contributed by atoms with Crippen LogP contribution in [0.2, 0.25) is 10.0 Å². The maximum atomic E-state index is 13.8. The van der Waals surface area contributed by atoms with Crippen molar-refractivity contribution < 1.29 is 9.59 Å². The molecule has 0 saturated heterocycles. The van der Waals surface area contributed by atoms with Gasteiger partial charge in [0.15, 0.2) is 0 Å².